The smallest absolute Gasteiger partial charge is 0.313 e. The van der Waals surface area contributed by atoms with Crippen LogP contribution in [-0.2, 0) is 10.0 Å². The van der Waals surface area contributed by atoms with Gasteiger partial charge in [-0.2, -0.15) is 13.2 Å². The normalized spacial score (nSPS) is 15.1. The monoisotopic (exact) mass is 262 g/mol. The molecule has 98 valence electrons. The second-order valence-electron chi connectivity index (χ2n) is 3.47. The third-order valence-electron chi connectivity index (χ3n) is 1.86. The van der Waals surface area contributed by atoms with Crippen molar-refractivity contribution in [2.24, 2.45) is 0 Å². The summed E-state index contributed by atoms with van der Waals surface area (Å²) < 4.78 is 59.9. The summed E-state index contributed by atoms with van der Waals surface area (Å²) in [7, 11) is -3.26. The minimum absolute atomic E-state index is 0.0366. The fraction of sp³-hybridized carbons (Fsp3) is 1.00. The Balaban J connectivity index is 3.68. The van der Waals surface area contributed by atoms with Crippen LogP contribution in [0, 0.1) is 0 Å². The zero-order chi connectivity index (χ0) is 12.8. The molecule has 0 aromatic heterocycles. The van der Waals surface area contributed by atoms with Crippen molar-refractivity contribution >= 4 is 10.0 Å². The number of nitrogens with one attached hydrogen (secondary N) is 2. The predicted octanol–water partition coefficient (Wildman–Crippen LogP) is 0.856. The van der Waals surface area contributed by atoms with Gasteiger partial charge in [-0.1, -0.05) is 0 Å². The number of sulfonamides is 1. The van der Waals surface area contributed by atoms with Gasteiger partial charge in [0.1, 0.15) is 0 Å². The molecule has 16 heavy (non-hydrogen) atoms. The van der Waals surface area contributed by atoms with Crippen LogP contribution in [-0.4, -0.2) is 39.5 Å². The van der Waals surface area contributed by atoms with Gasteiger partial charge in [0.05, 0.1) is 12.2 Å². The molecule has 1 atom stereocenters. The summed E-state index contributed by atoms with van der Waals surface area (Å²) in [5.74, 6) is -0.0366. The zero-order valence-electron chi connectivity index (χ0n) is 9.26. The molecule has 0 amide bonds. The Kier molecular flexibility index (Phi) is 6.27. The second-order valence-corrected chi connectivity index (χ2v) is 5.57. The molecule has 0 saturated heterocycles. The number of hydrogen-bond acceptors (Lipinski definition) is 3. The average Bonchev–Trinajstić information content (AvgIpc) is 2.10. The summed E-state index contributed by atoms with van der Waals surface area (Å²) >= 11 is 0. The second kappa shape index (κ2) is 6.41. The highest BCUT2D eigenvalue weighted by molar-refractivity contribution is 7.89. The van der Waals surface area contributed by atoms with Crippen molar-refractivity contribution in [3.05, 3.63) is 0 Å². The summed E-state index contributed by atoms with van der Waals surface area (Å²) in [6.45, 7) is 3.17. The summed E-state index contributed by atoms with van der Waals surface area (Å²) in [6, 6.07) is -0.717. The maximum atomic E-state index is 11.9. The molecule has 0 bridgehead atoms. The Morgan fingerprint density at radius 3 is 2.25 bits per heavy atom. The molecule has 4 nitrogen and oxygen atoms in total. The molecule has 0 heterocycles. The van der Waals surface area contributed by atoms with Crippen LogP contribution in [0.4, 0.5) is 13.2 Å². The van der Waals surface area contributed by atoms with Crippen molar-refractivity contribution in [3.63, 3.8) is 0 Å². The molecule has 0 fully saturated rings. The molecule has 0 aliphatic carbocycles. The van der Waals surface area contributed by atoms with Crippen molar-refractivity contribution in [2.45, 2.75) is 32.5 Å². The van der Waals surface area contributed by atoms with Crippen molar-refractivity contribution in [1.82, 2.24) is 10.0 Å². The molecule has 1 unspecified atom stereocenters. The van der Waals surface area contributed by atoms with Gasteiger partial charge in [0.25, 0.3) is 0 Å². The Hall–Kier alpha value is -0.340. The maximum Gasteiger partial charge on any atom is 0.390 e. The molecular formula is C8H17F3N2O2S. The fourth-order valence-corrected chi connectivity index (χ4v) is 1.66. The number of rotatable bonds is 7. The molecule has 0 aliphatic rings. The number of alkyl halides is 3. The van der Waals surface area contributed by atoms with E-state index < -0.39 is 28.7 Å². The molecule has 0 saturated carbocycles. The van der Waals surface area contributed by atoms with Gasteiger partial charge in [0.2, 0.25) is 10.0 Å². The summed E-state index contributed by atoms with van der Waals surface area (Å²) in [5.41, 5.74) is 0. The Morgan fingerprint density at radius 1 is 1.25 bits per heavy atom. The average molecular weight is 262 g/mol. The number of hydrogen-bond donors (Lipinski definition) is 2. The van der Waals surface area contributed by atoms with Gasteiger partial charge in [-0.3, -0.25) is 0 Å². The van der Waals surface area contributed by atoms with E-state index in [0.29, 0.717) is 0 Å². The highest BCUT2D eigenvalue weighted by Crippen LogP contribution is 2.20. The van der Waals surface area contributed by atoms with Crippen LogP contribution < -0.4 is 10.0 Å². The highest BCUT2D eigenvalue weighted by Gasteiger charge is 2.29. The van der Waals surface area contributed by atoms with Crippen molar-refractivity contribution in [3.8, 4) is 0 Å². The molecule has 0 aliphatic heterocycles. The van der Waals surface area contributed by atoms with E-state index in [9.17, 15) is 21.6 Å². The van der Waals surface area contributed by atoms with Crippen LogP contribution in [0.3, 0.4) is 0 Å². The Bertz CT molecular complexity index is 290. The van der Waals surface area contributed by atoms with E-state index in [1.54, 1.807) is 0 Å². The van der Waals surface area contributed by atoms with E-state index in [0.717, 1.165) is 0 Å². The molecular weight excluding hydrogens is 245 g/mol. The van der Waals surface area contributed by atoms with Crippen molar-refractivity contribution in [1.29, 1.82) is 0 Å². The van der Waals surface area contributed by atoms with Gasteiger partial charge in [-0.05, 0) is 13.8 Å². The molecule has 0 spiro atoms. The van der Waals surface area contributed by atoms with Crippen LogP contribution >= 0.6 is 0 Å². The topological polar surface area (TPSA) is 58.2 Å². The van der Waals surface area contributed by atoms with Crippen LogP contribution in [0.2, 0.25) is 0 Å². The lowest BCUT2D eigenvalue weighted by Gasteiger charge is -2.15. The number of halogens is 3. The minimum atomic E-state index is -4.20. The van der Waals surface area contributed by atoms with E-state index in [1.807, 2.05) is 0 Å². The van der Waals surface area contributed by atoms with Crippen LogP contribution in [0.1, 0.15) is 20.3 Å². The molecule has 8 heteroatoms. The first-order chi connectivity index (χ1) is 7.16. The fourth-order valence-electron chi connectivity index (χ4n) is 1.05. The summed E-state index contributed by atoms with van der Waals surface area (Å²) in [4.78, 5) is 0. The van der Waals surface area contributed by atoms with Gasteiger partial charge in [0, 0.05) is 19.1 Å². The third-order valence-corrected chi connectivity index (χ3v) is 3.26. The van der Waals surface area contributed by atoms with Gasteiger partial charge < -0.3 is 5.32 Å². The first-order valence-electron chi connectivity index (χ1n) is 4.94. The standard InChI is InChI=1S/C8H17F3N2O2S/c1-3-16(14,15)13-5-4-12-7(2)6-8(9,10)11/h7,12-13H,3-6H2,1-2H3. The van der Waals surface area contributed by atoms with E-state index in [2.05, 4.69) is 10.0 Å². The summed E-state index contributed by atoms with van der Waals surface area (Å²) in [6.07, 6.45) is -5.12. The first kappa shape index (κ1) is 15.7. The quantitative estimate of drug-likeness (QED) is 0.669. The van der Waals surface area contributed by atoms with Gasteiger partial charge in [0.15, 0.2) is 0 Å². The van der Waals surface area contributed by atoms with E-state index in [-0.39, 0.29) is 18.8 Å². The van der Waals surface area contributed by atoms with Crippen LogP contribution in [0.15, 0.2) is 0 Å². The SMILES string of the molecule is CCS(=O)(=O)NCCNC(C)CC(F)(F)F. The van der Waals surface area contributed by atoms with Crippen LogP contribution in [0.5, 0.6) is 0 Å². The lowest BCUT2D eigenvalue weighted by atomic mass is 10.2. The maximum absolute atomic E-state index is 11.9. The first-order valence-corrected chi connectivity index (χ1v) is 6.59. The molecule has 0 aromatic carbocycles. The summed E-state index contributed by atoms with van der Waals surface area (Å²) in [5, 5.41) is 2.59. The third kappa shape index (κ3) is 8.93. The van der Waals surface area contributed by atoms with Crippen molar-refractivity contribution in [2.75, 3.05) is 18.8 Å². The van der Waals surface area contributed by atoms with E-state index in [4.69, 9.17) is 0 Å². The highest BCUT2D eigenvalue weighted by atomic mass is 32.2. The van der Waals surface area contributed by atoms with E-state index in [1.165, 1.54) is 13.8 Å². The van der Waals surface area contributed by atoms with Crippen LogP contribution in [0.25, 0.3) is 0 Å². The molecule has 2 N–H and O–H groups in total. The molecule has 0 radical (unpaired) electrons. The van der Waals surface area contributed by atoms with Crippen molar-refractivity contribution < 1.29 is 21.6 Å². The Morgan fingerprint density at radius 2 is 1.81 bits per heavy atom. The molecule has 0 aromatic rings. The minimum Gasteiger partial charge on any atom is -0.313 e. The predicted molar refractivity (Wildman–Crippen MR) is 55.6 cm³/mol. The van der Waals surface area contributed by atoms with Gasteiger partial charge in [-0.15, -0.1) is 0 Å². The molecule has 0 rings (SSSR count). The Labute approximate surface area is 93.7 Å². The zero-order valence-corrected chi connectivity index (χ0v) is 10.1. The largest absolute Gasteiger partial charge is 0.390 e. The van der Waals surface area contributed by atoms with Gasteiger partial charge in [-0.25, -0.2) is 13.1 Å². The lowest BCUT2D eigenvalue weighted by Crippen LogP contribution is -2.38. The van der Waals surface area contributed by atoms with E-state index >= 15 is 0 Å². The van der Waals surface area contributed by atoms with Gasteiger partial charge >= 0.3 is 6.18 Å². The lowest BCUT2D eigenvalue weighted by molar-refractivity contribution is -0.138.